The van der Waals surface area contributed by atoms with Crippen molar-refractivity contribution in [2.24, 2.45) is 0 Å². The van der Waals surface area contributed by atoms with Crippen molar-refractivity contribution in [3.05, 3.63) is 65.2 Å². The third-order valence-electron chi connectivity index (χ3n) is 4.09. The van der Waals surface area contributed by atoms with Gasteiger partial charge in [-0.15, -0.1) is 0 Å². The second kappa shape index (κ2) is 5.85. The van der Waals surface area contributed by atoms with Crippen molar-refractivity contribution in [2.45, 2.75) is 6.54 Å². The summed E-state index contributed by atoms with van der Waals surface area (Å²) >= 11 is 0. The molecule has 4 rings (SSSR count). The average Bonchev–Trinajstić information content (AvgIpc) is 3.16. The maximum Gasteiger partial charge on any atom is 0.295 e. The van der Waals surface area contributed by atoms with Crippen molar-refractivity contribution in [3.8, 4) is 11.5 Å². The van der Waals surface area contributed by atoms with Gasteiger partial charge in [0.25, 0.3) is 5.91 Å². The van der Waals surface area contributed by atoms with Crippen molar-refractivity contribution in [1.29, 1.82) is 0 Å². The molecule has 0 aliphatic carbocycles. The van der Waals surface area contributed by atoms with Crippen LogP contribution >= 0.6 is 0 Å². The van der Waals surface area contributed by atoms with Gasteiger partial charge in [0, 0.05) is 12.1 Å². The number of carbonyl (C=O) groups excluding carboxylic acids is 2. The molecule has 1 fully saturated rings. The van der Waals surface area contributed by atoms with Crippen LogP contribution in [0.5, 0.6) is 11.5 Å². The molecule has 2 heterocycles. The molecule has 0 atom stereocenters. The van der Waals surface area contributed by atoms with Gasteiger partial charge in [0.15, 0.2) is 11.5 Å². The Hall–Kier alpha value is -3.08. The van der Waals surface area contributed by atoms with Crippen LogP contribution in [0.15, 0.2) is 54.1 Å². The Balaban J connectivity index is 1.56. The van der Waals surface area contributed by atoms with Crippen LogP contribution in [0.3, 0.4) is 0 Å². The summed E-state index contributed by atoms with van der Waals surface area (Å²) in [5.74, 6) is 0.452. The van der Waals surface area contributed by atoms with Gasteiger partial charge in [-0.05, 0) is 29.3 Å². The van der Waals surface area contributed by atoms with Crippen molar-refractivity contribution in [2.75, 3.05) is 13.3 Å². The highest BCUT2D eigenvalue weighted by atomic mass is 16.7. The van der Waals surface area contributed by atoms with Crippen LogP contribution in [0.2, 0.25) is 0 Å². The summed E-state index contributed by atoms with van der Waals surface area (Å²) < 4.78 is 10.6. The normalized spacial score (nSPS) is 17.8. The summed E-state index contributed by atoms with van der Waals surface area (Å²) in [5.41, 5.74) is 2.31. The van der Waals surface area contributed by atoms with Gasteiger partial charge in [-0.2, -0.15) is 0 Å². The molecule has 24 heavy (non-hydrogen) atoms. The number of Topliss-reactive ketones (excluding diaryl/α,β-unsaturated/α-hetero) is 1. The number of amides is 1. The van der Waals surface area contributed by atoms with Gasteiger partial charge in [0.05, 0.1) is 6.54 Å². The first-order chi connectivity index (χ1) is 11.7. The number of ether oxygens (including phenoxy) is 2. The lowest BCUT2D eigenvalue weighted by Gasteiger charge is -2.13. The first kappa shape index (κ1) is 14.5. The highest BCUT2D eigenvalue weighted by Gasteiger charge is 2.33. The molecule has 2 aromatic carbocycles. The topological polar surface area (TPSA) is 55.8 Å². The lowest BCUT2D eigenvalue weighted by molar-refractivity contribution is -0.139. The smallest absolute Gasteiger partial charge is 0.295 e. The van der Waals surface area contributed by atoms with E-state index in [0.29, 0.717) is 30.2 Å². The van der Waals surface area contributed by atoms with E-state index < -0.39 is 11.7 Å². The number of nitrogens with zero attached hydrogens (tertiary/aromatic N) is 1. The standard InChI is InChI=1S/C19H15NO4/c21-18-15(8-14-6-7-16-17(9-14)24-12-23-16)11-20(19(18)22)10-13-4-2-1-3-5-13/h1-9H,10-12H2/b15-8-. The second-order valence-electron chi connectivity index (χ2n) is 5.76. The second-order valence-corrected chi connectivity index (χ2v) is 5.76. The van der Waals surface area contributed by atoms with Crippen LogP contribution in [0, 0.1) is 0 Å². The molecule has 0 N–H and O–H groups in total. The third kappa shape index (κ3) is 2.65. The van der Waals surface area contributed by atoms with Crippen LogP contribution in [0.25, 0.3) is 6.08 Å². The molecule has 1 saturated heterocycles. The SMILES string of the molecule is O=C1C(=O)N(Cc2ccccc2)C/C1=C/c1ccc2c(c1)OCO2. The first-order valence-electron chi connectivity index (χ1n) is 7.68. The van der Waals surface area contributed by atoms with Crippen LogP contribution < -0.4 is 9.47 Å². The van der Waals surface area contributed by atoms with Crippen LogP contribution in [0.4, 0.5) is 0 Å². The number of rotatable bonds is 3. The maximum absolute atomic E-state index is 12.2. The number of ketones is 1. The van der Waals surface area contributed by atoms with Crippen molar-refractivity contribution in [3.63, 3.8) is 0 Å². The van der Waals surface area contributed by atoms with Crippen molar-refractivity contribution >= 4 is 17.8 Å². The zero-order valence-electron chi connectivity index (χ0n) is 12.9. The minimum atomic E-state index is -0.453. The van der Waals surface area contributed by atoms with E-state index in [1.54, 1.807) is 17.0 Å². The Kier molecular flexibility index (Phi) is 3.54. The summed E-state index contributed by atoms with van der Waals surface area (Å²) in [7, 11) is 0. The van der Waals surface area contributed by atoms with E-state index in [4.69, 9.17) is 9.47 Å². The first-order valence-corrected chi connectivity index (χ1v) is 7.68. The van der Waals surface area contributed by atoms with Gasteiger partial charge >= 0.3 is 0 Å². The fourth-order valence-electron chi connectivity index (χ4n) is 2.88. The Morgan fingerprint density at radius 1 is 1.00 bits per heavy atom. The number of carbonyl (C=O) groups is 2. The lowest BCUT2D eigenvalue weighted by Crippen LogP contribution is -2.26. The predicted molar refractivity (Wildman–Crippen MR) is 87.4 cm³/mol. The minimum Gasteiger partial charge on any atom is -0.454 e. The molecule has 2 aliphatic heterocycles. The molecule has 0 bridgehead atoms. The number of benzene rings is 2. The van der Waals surface area contributed by atoms with E-state index >= 15 is 0 Å². The van der Waals surface area contributed by atoms with Gasteiger partial charge < -0.3 is 14.4 Å². The molecular weight excluding hydrogens is 306 g/mol. The zero-order valence-corrected chi connectivity index (χ0v) is 12.9. The van der Waals surface area contributed by atoms with Gasteiger partial charge in [0.2, 0.25) is 12.6 Å². The van der Waals surface area contributed by atoms with Crippen molar-refractivity contribution < 1.29 is 19.1 Å². The number of hydrogen-bond acceptors (Lipinski definition) is 4. The fraction of sp³-hybridized carbons (Fsp3) is 0.158. The van der Waals surface area contributed by atoms with E-state index in [2.05, 4.69) is 0 Å². The summed E-state index contributed by atoms with van der Waals surface area (Å²) in [6.45, 7) is 0.961. The molecule has 0 saturated carbocycles. The third-order valence-corrected chi connectivity index (χ3v) is 4.09. The average molecular weight is 321 g/mol. The molecule has 0 radical (unpaired) electrons. The van der Waals surface area contributed by atoms with E-state index in [1.807, 2.05) is 42.5 Å². The maximum atomic E-state index is 12.2. The fourth-order valence-corrected chi connectivity index (χ4v) is 2.88. The summed E-state index contributed by atoms with van der Waals surface area (Å²) in [6.07, 6.45) is 1.74. The van der Waals surface area contributed by atoms with E-state index in [9.17, 15) is 9.59 Å². The van der Waals surface area contributed by atoms with Crippen LogP contribution in [-0.2, 0) is 16.1 Å². The van der Waals surface area contributed by atoms with Gasteiger partial charge in [-0.25, -0.2) is 0 Å². The van der Waals surface area contributed by atoms with Gasteiger partial charge in [0.1, 0.15) is 0 Å². The molecule has 1 amide bonds. The van der Waals surface area contributed by atoms with Gasteiger partial charge in [-0.1, -0.05) is 36.4 Å². The highest BCUT2D eigenvalue weighted by Crippen LogP contribution is 2.33. The Labute approximate surface area is 139 Å². The Morgan fingerprint density at radius 2 is 1.79 bits per heavy atom. The summed E-state index contributed by atoms with van der Waals surface area (Å²) in [5, 5.41) is 0. The Morgan fingerprint density at radius 3 is 2.62 bits per heavy atom. The predicted octanol–water partition coefficient (Wildman–Crippen LogP) is 2.41. The van der Waals surface area contributed by atoms with Gasteiger partial charge in [-0.3, -0.25) is 9.59 Å². The Bertz CT molecular complexity index is 842. The van der Waals surface area contributed by atoms with E-state index in [0.717, 1.165) is 11.1 Å². The minimum absolute atomic E-state index is 0.206. The molecule has 2 aromatic rings. The molecule has 5 nitrogen and oxygen atoms in total. The monoisotopic (exact) mass is 321 g/mol. The molecule has 120 valence electrons. The number of likely N-dealkylation sites (tertiary alicyclic amines) is 1. The molecule has 5 heteroatoms. The van der Waals surface area contributed by atoms with E-state index in [-0.39, 0.29) is 6.79 Å². The summed E-state index contributed by atoms with van der Waals surface area (Å²) in [6, 6.07) is 15.1. The van der Waals surface area contributed by atoms with Crippen LogP contribution in [0.1, 0.15) is 11.1 Å². The number of hydrogen-bond donors (Lipinski definition) is 0. The highest BCUT2D eigenvalue weighted by molar-refractivity contribution is 6.45. The molecule has 0 unspecified atom stereocenters. The van der Waals surface area contributed by atoms with Crippen molar-refractivity contribution in [1.82, 2.24) is 4.90 Å². The van der Waals surface area contributed by atoms with E-state index in [1.165, 1.54) is 0 Å². The van der Waals surface area contributed by atoms with Crippen LogP contribution in [-0.4, -0.2) is 29.9 Å². The zero-order chi connectivity index (χ0) is 16.5. The molecular formula is C19H15NO4. The molecule has 0 spiro atoms. The molecule has 2 aliphatic rings. The number of fused-ring (bicyclic) bond motifs is 1. The quantitative estimate of drug-likeness (QED) is 0.643. The molecule has 0 aromatic heterocycles. The summed E-state index contributed by atoms with van der Waals surface area (Å²) in [4.78, 5) is 26.0. The lowest BCUT2D eigenvalue weighted by atomic mass is 10.1. The largest absolute Gasteiger partial charge is 0.454 e.